The lowest BCUT2D eigenvalue weighted by molar-refractivity contribution is -0.452. The molecule has 0 saturated carbocycles. The molecular weight excluding hydrogens is 256 g/mol. The fourth-order valence-electron chi connectivity index (χ4n) is 1.09. The van der Waals surface area contributed by atoms with Crippen molar-refractivity contribution in [1.82, 2.24) is 0 Å². The molecule has 0 bridgehead atoms. The lowest BCUT2D eigenvalue weighted by atomic mass is 10.2. The first kappa shape index (κ1) is 14.8. The fraction of sp³-hybridized carbons (Fsp3) is 0.333. The molecule has 0 aliphatic heterocycles. The first-order valence-electron chi connectivity index (χ1n) is 5.43. The van der Waals surface area contributed by atoms with Crippen LogP contribution in [0.15, 0.2) is 24.3 Å². The molecule has 0 spiro atoms. The zero-order chi connectivity index (χ0) is 14.3. The van der Waals surface area contributed by atoms with Crippen molar-refractivity contribution in [2.24, 2.45) is 0 Å². The molecule has 0 saturated heterocycles. The van der Waals surface area contributed by atoms with Gasteiger partial charge in [-0.25, -0.2) is 14.5 Å². The Balaban J connectivity index is 2.40. The third-order valence-corrected chi connectivity index (χ3v) is 1.85. The van der Waals surface area contributed by atoms with Crippen molar-refractivity contribution in [2.45, 2.75) is 20.0 Å². The van der Waals surface area contributed by atoms with Crippen molar-refractivity contribution >= 4 is 12.1 Å². The predicted octanol–water partition coefficient (Wildman–Crippen LogP) is 2.26. The van der Waals surface area contributed by atoms with Gasteiger partial charge in [-0.2, -0.15) is 0 Å². The van der Waals surface area contributed by atoms with Crippen molar-refractivity contribution < 1.29 is 33.9 Å². The van der Waals surface area contributed by atoms with E-state index in [0.29, 0.717) is 5.75 Å². The third kappa shape index (κ3) is 5.26. The topological polar surface area (TPSA) is 80.3 Å². The minimum Gasteiger partial charge on any atom is -0.497 e. The first-order chi connectivity index (χ1) is 9.02. The molecule has 0 unspecified atom stereocenters. The molecule has 19 heavy (non-hydrogen) atoms. The van der Waals surface area contributed by atoms with E-state index in [4.69, 9.17) is 4.74 Å². The number of hydrogen-bond acceptors (Lipinski definition) is 7. The molecular formula is C12H14O7. The smallest absolute Gasteiger partial charge is 0.497 e. The predicted molar refractivity (Wildman–Crippen MR) is 62.2 cm³/mol. The van der Waals surface area contributed by atoms with Gasteiger partial charge in [-0.05, 0) is 32.0 Å². The Labute approximate surface area is 109 Å². The molecule has 0 aromatic heterocycles. The summed E-state index contributed by atoms with van der Waals surface area (Å²) in [6.07, 6.45) is -1.47. The van der Waals surface area contributed by atoms with Gasteiger partial charge in [-0.15, -0.1) is 0 Å². The summed E-state index contributed by atoms with van der Waals surface area (Å²) >= 11 is 0. The minimum absolute atomic E-state index is 0.181. The molecule has 0 N–H and O–H groups in total. The van der Waals surface area contributed by atoms with E-state index in [9.17, 15) is 9.59 Å². The lowest BCUT2D eigenvalue weighted by Crippen LogP contribution is -2.15. The number of ether oxygens (including phenoxy) is 2. The van der Waals surface area contributed by atoms with E-state index in [0.717, 1.165) is 0 Å². The van der Waals surface area contributed by atoms with Crippen LogP contribution in [0, 0.1) is 0 Å². The van der Waals surface area contributed by atoms with E-state index in [1.165, 1.54) is 19.2 Å². The van der Waals surface area contributed by atoms with Gasteiger partial charge in [0.15, 0.2) is 0 Å². The van der Waals surface area contributed by atoms with Gasteiger partial charge in [0.1, 0.15) is 5.75 Å². The van der Waals surface area contributed by atoms with Crippen LogP contribution < -0.4 is 4.74 Å². The van der Waals surface area contributed by atoms with Gasteiger partial charge in [-0.3, -0.25) is 4.89 Å². The maximum atomic E-state index is 11.5. The van der Waals surface area contributed by atoms with Crippen LogP contribution >= 0.6 is 0 Å². The van der Waals surface area contributed by atoms with E-state index in [2.05, 4.69) is 19.6 Å². The molecule has 0 radical (unpaired) electrons. The van der Waals surface area contributed by atoms with Crippen molar-refractivity contribution in [3.8, 4) is 5.75 Å². The van der Waals surface area contributed by atoms with Gasteiger partial charge in [-0.1, -0.05) is 6.07 Å². The molecule has 104 valence electrons. The normalized spacial score (nSPS) is 9.89. The number of hydrogen-bond donors (Lipinski definition) is 0. The molecule has 1 aromatic rings. The highest BCUT2D eigenvalue weighted by Crippen LogP contribution is 2.13. The lowest BCUT2D eigenvalue weighted by Gasteiger charge is -2.06. The van der Waals surface area contributed by atoms with Gasteiger partial charge >= 0.3 is 12.1 Å². The van der Waals surface area contributed by atoms with E-state index in [1.54, 1.807) is 26.0 Å². The number of benzene rings is 1. The van der Waals surface area contributed by atoms with Gasteiger partial charge in [0.25, 0.3) is 0 Å². The number of rotatable bonds is 5. The molecule has 1 aromatic carbocycles. The summed E-state index contributed by atoms with van der Waals surface area (Å²) < 4.78 is 9.51. The third-order valence-electron chi connectivity index (χ3n) is 1.85. The molecule has 7 nitrogen and oxygen atoms in total. The van der Waals surface area contributed by atoms with E-state index in [1.807, 2.05) is 0 Å². The van der Waals surface area contributed by atoms with Gasteiger partial charge in [0.2, 0.25) is 0 Å². The summed E-state index contributed by atoms with van der Waals surface area (Å²) in [5.74, 6) is -0.356. The van der Waals surface area contributed by atoms with Gasteiger partial charge in [0, 0.05) is 0 Å². The quantitative estimate of drug-likeness (QED) is 0.461. The van der Waals surface area contributed by atoms with Crippen LogP contribution in [0.5, 0.6) is 5.75 Å². The summed E-state index contributed by atoms with van der Waals surface area (Å²) in [6.45, 7) is 3.26. The van der Waals surface area contributed by atoms with Crippen molar-refractivity contribution in [2.75, 3.05) is 7.11 Å². The Kier molecular flexibility index (Phi) is 5.62. The van der Waals surface area contributed by atoms with Crippen LogP contribution in [-0.2, 0) is 19.6 Å². The maximum absolute atomic E-state index is 11.5. The van der Waals surface area contributed by atoms with Crippen LogP contribution in [-0.4, -0.2) is 25.3 Å². The Morgan fingerprint density at radius 1 is 1.16 bits per heavy atom. The largest absolute Gasteiger partial charge is 0.543 e. The van der Waals surface area contributed by atoms with Gasteiger partial charge in [0.05, 0.1) is 23.8 Å². The Hall–Kier alpha value is -2.28. The highest BCUT2D eigenvalue weighted by molar-refractivity contribution is 5.89. The molecule has 0 aliphatic carbocycles. The molecule has 0 heterocycles. The van der Waals surface area contributed by atoms with Crippen LogP contribution in [0.1, 0.15) is 24.2 Å². The second kappa shape index (κ2) is 7.22. The van der Waals surface area contributed by atoms with Crippen molar-refractivity contribution in [1.29, 1.82) is 0 Å². The maximum Gasteiger partial charge on any atom is 0.543 e. The number of carbonyl (C=O) groups excluding carboxylic acids is 2. The summed E-state index contributed by atoms with van der Waals surface area (Å²) in [7, 11) is 1.46. The number of carbonyl (C=O) groups is 2. The Morgan fingerprint density at radius 3 is 2.53 bits per heavy atom. The molecule has 0 fully saturated rings. The Bertz CT molecular complexity index is 441. The summed E-state index contributed by atoms with van der Waals surface area (Å²) in [6, 6.07) is 6.19. The zero-order valence-electron chi connectivity index (χ0n) is 10.7. The summed E-state index contributed by atoms with van der Waals surface area (Å²) in [5.41, 5.74) is 0.181. The monoisotopic (exact) mass is 270 g/mol. The SMILES string of the molecule is COc1cccc(C(=O)OOOC(=O)OC(C)C)c1. The second-order valence-corrected chi connectivity index (χ2v) is 3.67. The highest BCUT2D eigenvalue weighted by Gasteiger charge is 2.13. The van der Waals surface area contributed by atoms with Crippen LogP contribution in [0.25, 0.3) is 0 Å². The molecule has 0 aliphatic rings. The van der Waals surface area contributed by atoms with Crippen LogP contribution in [0.3, 0.4) is 0 Å². The average molecular weight is 270 g/mol. The summed E-state index contributed by atoms with van der Waals surface area (Å²) in [5, 5.41) is 4.02. The van der Waals surface area contributed by atoms with E-state index < -0.39 is 12.1 Å². The molecule has 0 atom stereocenters. The Morgan fingerprint density at radius 2 is 1.89 bits per heavy atom. The fourth-order valence-corrected chi connectivity index (χ4v) is 1.09. The van der Waals surface area contributed by atoms with Crippen molar-refractivity contribution in [3.05, 3.63) is 29.8 Å². The highest BCUT2D eigenvalue weighted by atomic mass is 17.5. The zero-order valence-corrected chi connectivity index (χ0v) is 10.7. The minimum atomic E-state index is -1.10. The molecule has 1 rings (SSSR count). The standard InChI is InChI=1S/C12H14O7/c1-8(2)16-12(14)18-19-17-11(13)9-5-4-6-10(7-9)15-3/h4-8H,1-3H3. The number of methoxy groups -OCH3 is 1. The van der Waals surface area contributed by atoms with Crippen LogP contribution in [0.2, 0.25) is 0 Å². The average Bonchev–Trinajstić information content (AvgIpc) is 2.37. The first-order valence-corrected chi connectivity index (χ1v) is 5.43. The summed E-state index contributed by atoms with van der Waals surface area (Å²) in [4.78, 5) is 30.7. The second-order valence-electron chi connectivity index (χ2n) is 3.67. The van der Waals surface area contributed by atoms with E-state index in [-0.39, 0.29) is 11.7 Å². The van der Waals surface area contributed by atoms with Gasteiger partial charge < -0.3 is 9.47 Å². The van der Waals surface area contributed by atoms with Crippen molar-refractivity contribution in [3.63, 3.8) is 0 Å². The molecule has 7 heteroatoms. The van der Waals surface area contributed by atoms with Crippen LogP contribution in [0.4, 0.5) is 4.79 Å². The molecule has 0 amide bonds. The van der Waals surface area contributed by atoms with E-state index >= 15 is 0 Å².